The number of H-pyrrole nitrogens is 1. The second kappa shape index (κ2) is 3.70. The average molecular weight is 236 g/mol. The molecule has 1 aliphatic rings. The standard InChI is InChI=1S/C12H13FN2S/c13-9-3-4-11-10(7-9)14-12(16)15(11)6-5-8-1-2-8/h3-4,7-8H,1-2,5-6H2,(H,14,16). The molecular weight excluding hydrogens is 223 g/mol. The Kier molecular flexibility index (Phi) is 2.32. The van der Waals surface area contributed by atoms with Crippen molar-refractivity contribution in [2.45, 2.75) is 25.8 Å². The molecule has 1 aromatic heterocycles. The third kappa shape index (κ3) is 1.78. The molecule has 1 N–H and O–H groups in total. The van der Waals surface area contributed by atoms with E-state index in [2.05, 4.69) is 9.55 Å². The Bertz CT molecular complexity index is 580. The van der Waals surface area contributed by atoms with Gasteiger partial charge in [-0.15, -0.1) is 0 Å². The summed E-state index contributed by atoms with van der Waals surface area (Å²) in [6, 6.07) is 4.78. The van der Waals surface area contributed by atoms with Gasteiger partial charge in [0.15, 0.2) is 4.77 Å². The first-order valence-corrected chi connectivity index (χ1v) is 6.03. The summed E-state index contributed by atoms with van der Waals surface area (Å²) in [6.07, 6.45) is 3.88. The van der Waals surface area contributed by atoms with Crippen LogP contribution in [0.5, 0.6) is 0 Å². The molecule has 1 saturated carbocycles. The van der Waals surface area contributed by atoms with Crippen LogP contribution in [0, 0.1) is 16.5 Å². The van der Waals surface area contributed by atoms with Gasteiger partial charge < -0.3 is 9.55 Å². The van der Waals surface area contributed by atoms with Gasteiger partial charge in [-0.3, -0.25) is 0 Å². The molecule has 0 saturated heterocycles. The zero-order valence-electron chi connectivity index (χ0n) is 8.87. The van der Waals surface area contributed by atoms with Crippen molar-refractivity contribution < 1.29 is 4.39 Å². The van der Waals surface area contributed by atoms with Gasteiger partial charge in [0.05, 0.1) is 11.0 Å². The first kappa shape index (κ1) is 10.0. The number of nitrogens with one attached hydrogen (secondary N) is 1. The van der Waals surface area contributed by atoms with Crippen molar-refractivity contribution in [2.24, 2.45) is 5.92 Å². The summed E-state index contributed by atoms with van der Waals surface area (Å²) in [6.45, 7) is 0.940. The molecule has 3 rings (SSSR count). The van der Waals surface area contributed by atoms with Crippen LogP contribution in [0.15, 0.2) is 18.2 Å². The predicted octanol–water partition coefficient (Wildman–Crippen LogP) is 3.64. The van der Waals surface area contributed by atoms with Crippen molar-refractivity contribution in [3.8, 4) is 0 Å². The number of hydrogen-bond acceptors (Lipinski definition) is 1. The lowest BCUT2D eigenvalue weighted by Gasteiger charge is -2.03. The van der Waals surface area contributed by atoms with Gasteiger partial charge in [0.2, 0.25) is 0 Å². The summed E-state index contributed by atoms with van der Waals surface area (Å²) < 4.78 is 15.8. The fourth-order valence-corrected chi connectivity index (χ4v) is 2.38. The van der Waals surface area contributed by atoms with E-state index >= 15 is 0 Å². The summed E-state index contributed by atoms with van der Waals surface area (Å²) in [5.41, 5.74) is 1.80. The minimum absolute atomic E-state index is 0.224. The molecule has 2 aromatic rings. The molecule has 1 fully saturated rings. The van der Waals surface area contributed by atoms with Gasteiger partial charge in [-0.05, 0) is 42.8 Å². The van der Waals surface area contributed by atoms with Crippen LogP contribution in [0.25, 0.3) is 11.0 Å². The first-order chi connectivity index (χ1) is 7.74. The van der Waals surface area contributed by atoms with Crippen LogP contribution < -0.4 is 0 Å². The largest absolute Gasteiger partial charge is 0.330 e. The molecular formula is C12H13FN2S. The number of rotatable bonds is 3. The van der Waals surface area contributed by atoms with Crippen molar-refractivity contribution in [1.82, 2.24) is 9.55 Å². The van der Waals surface area contributed by atoms with E-state index in [9.17, 15) is 4.39 Å². The molecule has 84 valence electrons. The average Bonchev–Trinajstić information content (AvgIpc) is 3.00. The number of aromatic amines is 1. The van der Waals surface area contributed by atoms with E-state index in [-0.39, 0.29) is 5.82 Å². The highest BCUT2D eigenvalue weighted by molar-refractivity contribution is 7.71. The Labute approximate surface area is 98.1 Å². The molecule has 0 atom stereocenters. The Morgan fingerprint density at radius 1 is 1.44 bits per heavy atom. The van der Waals surface area contributed by atoms with E-state index in [1.165, 1.54) is 31.4 Å². The molecule has 0 unspecified atom stereocenters. The highest BCUT2D eigenvalue weighted by atomic mass is 32.1. The lowest BCUT2D eigenvalue weighted by molar-refractivity contribution is 0.602. The van der Waals surface area contributed by atoms with Gasteiger partial charge in [0.1, 0.15) is 5.82 Å². The fourth-order valence-electron chi connectivity index (χ4n) is 2.08. The molecule has 0 spiro atoms. The molecule has 1 heterocycles. The number of imidazole rings is 1. The summed E-state index contributed by atoms with van der Waals surface area (Å²) in [4.78, 5) is 3.05. The van der Waals surface area contributed by atoms with Crippen LogP contribution in [0.3, 0.4) is 0 Å². The highest BCUT2D eigenvalue weighted by Gasteiger charge is 2.21. The van der Waals surface area contributed by atoms with Crippen LogP contribution in [0.1, 0.15) is 19.3 Å². The maximum absolute atomic E-state index is 13.0. The van der Waals surface area contributed by atoms with Crippen LogP contribution in [-0.2, 0) is 6.54 Å². The van der Waals surface area contributed by atoms with Crippen molar-refractivity contribution in [2.75, 3.05) is 0 Å². The molecule has 0 amide bonds. The number of aryl methyl sites for hydroxylation is 1. The van der Waals surface area contributed by atoms with Gasteiger partial charge in [-0.2, -0.15) is 0 Å². The third-order valence-electron chi connectivity index (χ3n) is 3.19. The Balaban J connectivity index is 2.01. The maximum Gasteiger partial charge on any atom is 0.178 e. The van der Waals surface area contributed by atoms with E-state index < -0.39 is 0 Å². The zero-order chi connectivity index (χ0) is 11.1. The molecule has 1 aromatic carbocycles. The van der Waals surface area contributed by atoms with E-state index in [0.717, 1.165) is 23.5 Å². The third-order valence-corrected chi connectivity index (χ3v) is 3.52. The van der Waals surface area contributed by atoms with Gasteiger partial charge in [0.25, 0.3) is 0 Å². The summed E-state index contributed by atoms with van der Waals surface area (Å²) in [5, 5.41) is 0. The summed E-state index contributed by atoms with van der Waals surface area (Å²) in [5.74, 6) is 0.658. The van der Waals surface area contributed by atoms with Crippen molar-refractivity contribution >= 4 is 23.3 Å². The quantitative estimate of drug-likeness (QED) is 0.807. The van der Waals surface area contributed by atoms with Gasteiger partial charge >= 0.3 is 0 Å². The normalized spacial score (nSPS) is 15.8. The number of fused-ring (bicyclic) bond motifs is 1. The second-order valence-electron chi connectivity index (χ2n) is 4.48. The minimum Gasteiger partial charge on any atom is -0.330 e. The molecule has 16 heavy (non-hydrogen) atoms. The maximum atomic E-state index is 13.0. The lowest BCUT2D eigenvalue weighted by atomic mass is 10.2. The lowest BCUT2D eigenvalue weighted by Crippen LogP contribution is -1.98. The minimum atomic E-state index is -0.224. The number of nitrogens with zero attached hydrogens (tertiary/aromatic N) is 1. The molecule has 0 bridgehead atoms. The van der Waals surface area contributed by atoms with Crippen molar-refractivity contribution in [3.05, 3.63) is 28.8 Å². The van der Waals surface area contributed by atoms with Crippen LogP contribution in [-0.4, -0.2) is 9.55 Å². The monoisotopic (exact) mass is 236 g/mol. The van der Waals surface area contributed by atoms with Crippen LogP contribution in [0.2, 0.25) is 0 Å². The zero-order valence-corrected chi connectivity index (χ0v) is 9.69. The number of aromatic nitrogens is 2. The molecule has 2 nitrogen and oxygen atoms in total. The highest BCUT2D eigenvalue weighted by Crippen LogP contribution is 2.33. The van der Waals surface area contributed by atoms with Crippen molar-refractivity contribution in [1.29, 1.82) is 0 Å². The number of benzene rings is 1. The van der Waals surface area contributed by atoms with E-state index in [4.69, 9.17) is 12.2 Å². The van der Waals surface area contributed by atoms with Crippen LogP contribution >= 0.6 is 12.2 Å². The Morgan fingerprint density at radius 2 is 2.25 bits per heavy atom. The SMILES string of the molecule is Fc1ccc2c(c1)[nH]c(=S)n2CCC1CC1. The van der Waals surface area contributed by atoms with Crippen LogP contribution in [0.4, 0.5) is 4.39 Å². The summed E-state index contributed by atoms with van der Waals surface area (Å²) >= 11 is 5.25. The Hall–Kier alpha value is -1.16. The van der Waals surface area contributed by atoms with E-state index in [1.54, 1.807) is 6.07 Å². The predicted molar refractivity (Wildman–Crippen MR) is 64.4 cm³/mol. The first-order valence-electron chi connectivity index (χ1n) is 5.62. The fraction of sp³-hybridized carbons (Fsp3) is 0.417. The molecule has 0 aliphatic heterocycles. The van der Waals surface area contributed by atoms with Gasteiger partial charge in [0, 0.05) is 6.54 Å². The molecule has 1 aliphatic carbocycles. The Morgan fingerprint density at radius 3 is 3.00 bits per heavy atom. The molecule has 4 heteroatoms. The topological polar surface area (TPSA) is 20.7 Å². The van der Waals surface area contributed by atoms with Crippen molar-refractivity contribution in [3.63, 3.8) is 0 Å². The molecule has 0 radical (unpaired) electrons. The number of halogens is 1. The van der Waals surface area contributed by atoms with Gasteiger partial charge in [-0.1, -0.05) is 12.8 Å². The second-order valence-corrected chi connectivity index (χ2v) is 4.86. The summed E-state index contributed by atoms with van der Waals surface area (Å²) in [7, 11) is 0. The number of hydrogen-bond donors (Lipinski definition) is 1. The van der Waals surface area contributed by atoms with Gasteiger partial charge in [-0.25, -0.2) is 4.39 Å². The van der Waals surface area contributed by atoms with E-state index in [1.807, 2.05) is 0 Å². The van der Waals surface area contributed by atoms with E-state index in [0.29, 0.717) is 4.77 Å². The smallest absolute Gasteiger partial charge is 0.178 e.